The molecule has 5 heteroatoms. The van der Waals surface area contributed by atoms with E-state index in [1.54, 1.807) is 30.7 Å². The van der Waals surface area contributed by atoms with Crippen molar-refractivity contribution < 1.29 is 4.79 Å². The van der Waals surface area contributed by atoms with Crippen LogP contribution in [0.3, 0.4) is 0 Å². The fraction of sp³-hybridized carbons (Fsp3) is 0.154. The van der Waals surface area contributed by atoms with E-state index >= 15 is 0 Å². The van der Waals surface area contributed by atoms with Gasteiger partial charge in [0.05, 0.1) is 0 Å². The molecule has 18 heavy (non-hydrogen) atoms. The quantitative estimate of drug-likeness (QED) is 0.942. The Kier molecular flexibility index (Phi) is 4.41. The van der Waals surface area contributed by atoms with Crippen LogP contribution >= 0.6 is 15.9 Å². The van der Waals surface area contributed by atoms with E-state index < -0.39 is 0 Å². The van der Waals surface area contributed by atoms with E-state index in [2.05, 4.69) is 31.2 Å². The summed E-state index contributed by atoms with van der Waals surface area (Å²) in [5.74, 6) is -0.161. The molecular formula is C13H12BrN3O. The van der Waals surface area contributed by atoms with E-state index in [0.717, 1.165) is 16.5 Å². The molecule has 2 heterocycles. The first-order valence-electron chi connectivity index (χ1n) is 5.54. The van der Waals surface area contributed by atoms with Gasteiger partial charge in [-0.1, -0.05) is 6.07 Å². The topological polar surface area (TPSA) is 54.9 Å². The Labute approximate surface area is 114 Å². The number of pyridine rings is 2. The molecule has 1 amide bonds. The monoisotopic (exact) mass is 305 g/mol. The number of halogens is 1. The van der Waals surface area contributed by atoms with Crippen molar-refractivity contribution in [2.75, 3.05) is 6.54 Å². The van der Waals surface area contributed by atoms with Gasteiger partial charge in [0.2, 0.25) is 0 Å². The van der Waals surface area contributed by atoms with Gasteiger partial charge in [0.25, 0.3) is 5.91 Å². The van der Waals surface area contributed by atoms with Crippen LogP contribution in [0.4, 0.5) is 0 Å². The van der Waals surface area contributed by atoms with Gasteiger partial charge in [-0.05, 0) is 46.1 Å². The molecule has 0 aromatic carbocycles. The zero-order chi connectivity index (χ0) is 12.8. The number of amides is 1. The summed E-state index contributed by atoms with van der Waals surface area (Å²) >= 11 is 3.28. The molecule has 0 fully saturated rings. The SMILES string of the molecule is O=C(NCCc1cccnc1)c1ccc(Br)cn1. The Morgan fingerprint density at radius 3 is 2.83 bits per heavy atom. The predicted octanol–water partition coefficient (Wildman–Crippen LogP) is 2.21. The Hall–Kier alpha value is -1.75. The van der Waals surface area contributed by atoms with E-state index in [0.29, 0.717) is 12.2 Å². The Bertz CT molecular complexity index is 514. The van der Waals surface area contributed by atoms with E-state index in [-0.39, 0.29) is 5.91 Å². The summed E-state index contributed by atoms with van der Waals surface area (Å²) in [6, 6.07) is 7.34. The number of carbonyl (C=O) groups excluding carboxylic acids is 1. The summed E-state index contributed by atoms with van der Waals surface area (Å²) in [5, 5.41) is 2.82. The van der Waals surface area contributed by atoms with Crippen LogP contribution in [0.2, 0.25) is 0 Å². The van der Waals surface area contributed by atoms with Crippen molar-refractivity contribution in [1.29, 1.82) is 0 Å². The van der Waals surface area contributed by atoms with Crippen molar-refractivity contribution >= 4 is 21.8 Å². The molecule has 0 saturated carbocycles. The lowest BCUT2D eigenvalue weighted by Gasteiger charge is -2.04. The van der Waals surface area contributed by atoms with Crippen LogP contribution in [0.15, 0.2) is 47.3 Å². The molecular weight excluding hydrogens is 294 g/mol. The minimum absolute atomic E-state index is 0.161. The molecule has 0 aliphatic rings. The molecule has 0 atom stereocenters. The average Bonchev–Trinajstić information content (AvgIpc) is 2.40. The van der Waals surface area contributed by atoms with Gasteiger partial charge < -0.3 is 5.32 Å². The second-order valence-electron chi connectivity index (χ2n) is 3.73. The second-order valence-corrected chi connectivity index (χ2v) is 4.64. The third kappa shape index (κ3) is 3.63. The fourth-order valence-electron chi connectivity index (χ4n) is 1.47. The lowest BCUT2D eigenvalue weighted by molar-refractivity contribution is 0.0949. The van der Waals surface area contributed by atoms with E-state index in [9.17, 15) is 4.79 Å². The van der Waals surface area contributed by atoms with Crippen molar-refractivity contribution in [2.24, 2.45) is 0 Å². The van der Waals surface area contributed by atoms with Crippen molar-refractivity contribution in [1.82, 2.24) is 15.3 Å². The largest absolute Gasteiger partial charge is 0.350 e. The number of hydrogen-bond acceptors (Lipinski definition) is 3. The van der Waals surface area contributed by atoms with Crippen LogP contribution in [-0.4, -0.2) is 22.4 Å². The third-order valence-electron chi connectivity index (χ3n) is 2.38. The molecule has 0 spiro atoms. The number of rotatable bonds is 4. The van der Waals surface area contributed by atoms with Crippen molar-refractivity contribution in [2.45, 2.75) is 6.42 Å². The summed E-state index contributed by atoms with van der Waals surface area (Å²) in [6.45, 7) is 0.572. The minimum atomic E-state index is -0.161. The van der Waals surface area contributed by atoms with Crippen molar-refractivity contribution in [3.8, 4) is 0 Å². The number of carbonyl (C=O) groups is 1. The summed E-state index contributed by atoms with van der Waals surface area (Å²) in [6.07, 6.45) is 5.89. The van der Waals surface area contributed by atoms with E-state index in [4.69, 9.17) is 0 Å². The van der Waals surface area contributed by atoms with Crippen LogP contribution in [0, 0.1) is 0 Å². The fourth-order valence-corrected chi connectivity index (χ4v) is 1.70. The molecule has 0 bridgehead atoms. The van der Waals surface area contributed by atoms with Crippen molar-refractivity contribution in [3.05, 3.63) is 58.6 Å². The van der Waals surface area contributed by atoms with E-state index in [1.807, 2.05) is 12.1 Å². The van der Waals surface area contributed by atoms with E-state index in [1.165, 1.54) is 0 Å². The van der Waals surface area contributed by atoms with Gasteiger partial charge in [0.1, 0.15) is 5.69 Å². The van der Waals surface area contributed by atoms with Crippen LogP contribution in [0.1, 0.15) is 16.1 Å². The summed E-state index contributed by atoms with van der Waals surface area (Å²) in [5.41, 5.74) is 1.52. The number of nitrogens with zero attached hydrogens (tertiary/aromatic N) is 2. The molecule has 0 aliphatic heterocycles. The Balaban J connectivity index is 1.84. The van der Waals surface area contributed by atoms with Crippen LogP contribution in [0.5, 0.6) is 0 Å². The lowest BCUT2D eigenvalue weighted by atomic mass is 10.2. The minimum Gasteiger partial charge on any atom is -0.350 e. The molecule has 0 saturated heterocycles. The molecule has 2 aromatic heterocycles. The normalized spacial score (nSPS) is 10.1. The first kappa shape index (κ1) is 12.7. The number of aromatic nitrogens is 2. The molecule has 1 N–H and O–H groups in total. The third-order valence-corrected chi connectivity index (χ3v) is 2.85. The molecule has 0 unspecified atom stereocenters. The molecule has 0 radical (unpaired) electrons. The molecule has 2 rings (SSSR count). The zero-order valence-corrected chi connectivity index (χ0v) is 11.2. The summed E-state index contributed by atoms with van der Waals surface area (Å²) in [7, 11) is 0. The highest BCUT2D eigenvalue weighted by Gasteiger charge is 2.05. The van der Waals surface area contributed by atoms with Gasteiger partial charge in [-0.3, -0.25) is 9.78 Å². The average molecular weight is 306 g/mol. The molecule has 0 aliphatic carbocycles. The summed E-state index contributed by atoms with van der Waals surface area (Å²) in [4.78, 5) is 19.8. The molecule has 92 valence electrons. The lowest BCUT2D eigenvalue weighted by Crippen LogP contribution is -2.26. The first-order chi connectivity index (χ1) is 8.75. The highest BCUT2D eigenvalue weighted by molar-refractivity contribution is 9.10. The molecule has 4 nitrogen and oxygen atoms in total. The maximum absolute atomic E-state index is 11.7. The zero-order valence-electron chi connectivity index (χ0n) is 9.64. The number of hydrogen-bond donors (Lipinski definition) is 1. The van der Waals surface area contributed by atoms with Crippen LogP contribution < -0.4 is 5.32 Å². The Morgan fingerprint density at radius 2 is 2.17 bits per heavy atom. The predicted molar refractivity (Wildman–Crippen MR) is 72.2 cm³/mol. The van der Waals surface area contributed by atoms with Gasteiger partial charge >= 0.3 is 0 Å². The summed E-state index contributed by atoms with van der Waals surface area (Å²) < 4.78 is 0.856. The highest BCUT2D eigenvalue weighted by atomic mass is 79.9. The highest BCUT2D eigenvalue weighted by Crippen LogP contribution is 2.07. The maximum Gasteiger partial charge on any atom is 0.269 e. The van der Waals surface area contributed by atoms with Gasteiger partial charge in [0.15, 0.2) is 0 Å². The van der Waals surface area contributed by atoms with Gasteiger partial charge in [-0.25, -0.2) is 4.98 Å². The van der Waals surface area contributed by atoms with Gasteiger partial charge in [-0.15, -0.1) is 0 Å². The smallest absolute Gasteiger partial charge is 0.269 e. The van der Waals surface area contributed by atoms with Crippen LogP contribution in [0.25, 0.3) is 0 Å². The Morgan fingerprint density at radius 1 is 1.28 bits per heavy atom. The maximum atomic E-state index is 11.7. The van der Waals surface area contributed by atoms with Gasteiger partial charge in [-0.2, -0.15) is 0 Å². The standard InChI is InChI=1S/C13H12BrN3O/c14-11-3-4-12(17-9-11)13(18)16-7-5-10-2-1-6-15-8-10/h1-4,6,8-9H,5,7H2,(H,16,18). The van der Waals surface area contributed by atoms with Gasteiger partial charge in [0, 0.05) is 29.6 Å². The first-order valence-corrected chi connectivity index (χ1v) is 6.33. The second kappa shape index (κ2) is 6.26. The molecule has 2 aromatic rings. The van der Waals surface area contributed by atoms with Crippen LogP contribution in [-0.2, 0) is 6.42 Å². The van der Waals surface area contributed by atoms with Crippen molar-refractivity contribution in [3.63, 3.8) is 0 Å². The number of nitrogens with one attached hydrogen (secondary N) is 1.